The van der Waals surface area contributed by atoms with Gasteiger partial charge in [0.1, 0.15) is 11.8 Å². The fraction of sp³-hybridized carbons (Fsp3) is 0.333. The highest BCUT2D eigenvalue weighted by molar-refractivity contribution is 7.99. The molecule has 1 atom stereocenters. The zero-order valence-corrected chi connectivity index (χ0v) is 20.2. The van der Waals surface area contributed by atoms with Gasteiger partial charge in [0, 0.05) is 17.0 Å². The van der Waals surface area contributed by atoms with Crippen molar-refractivity contribution in [3.8, 4) is 11.5 Å². The maximum absolute atomic E-state index is 12.7. The Hall–Kier alpha value is -3.53. The van der Waals surface area contributed by atoms with Gasteiger partial charge in [0.05, 0.1) is 18.4 Å². The van der Waals surface area contributed by atoms with Crippen LogP contribution < -0.4 is 10.6 Å². The van der Waals surface area contributed by atoms with Crippen LogP contribution in [0.2, 0.25) is 0 Å². The van der Waals surface area contributed by atoms with Crippen molar-refractivity contribution in [2.24, 2.45) is 0 Å². The fourth-order valence-corrected chi connectivity index (χ4v) is 4.21. The molecule has 0 saturated heterocycles. The van der Waals surface area contributed by atoms with Crippen LogP contribution in [0.15, 0.2) is 68.0 Å². The summed E-state index contributed by atoms with van der Waals surface area (Å²) in [6, 6.07) is 10.2. The summed E-state index contributed by atoms with van der Waals surface area (Å²) >= 11 is 1.21. The van der Waals surface area contributed by atoms with Crippen molar-refractivity contribution in [1.82, 2.24) is 20.8 Å². The lowest BCUT2D eigenvalue weighted by molar-refractivity contribution is -0.139. The second kappa shape index (κ2) is 9.76. The normalized spacial score (nSPS) is 16.2. The van der Waals surface area contributed by atoms with Gasteiger partial charge in [-0.15, -0.1) is 10.2 Å². The summed E-state index contributed by atoms with van der Waals surface area (Å²) < 4.78 is 16.5. The monoisotopic (exact) mass is 482 g/mol. The smallest absolute Gasteiger partial charge is 0.338 e. The number of nitrogens with one attached hydrogen (secondary N) is 2. The molecule has 1 unspecified atom stereocenters. The molecule has 2 amide bonds. The van der Waals surface area contributed by atoms with E-state index in [-0.39, 0.29) is 23.3 Å². The van der Waals surface area contributed by atoms with E-state index in [9.17, 15) is 9.59 Å². The molecule has 1 aliphatic rings. The average Bonchev–Trinajstić information content (AvgIpc) is 3.49. The van der Waals surface area contributed by atoms with E-state index in [4.69, 9.17) is 13.6 Å². The Bertz CT molecular complexity index is 1190. The number of esters is 1. The van der Waals surface area contributed by atoms with Gasteiger partial charge in [0.15, 0.2) is 0 Å². The number of hydrogen-bond acceptors (Lipinski definition) is 8. The molecule has 3 heterocycles. The predicted molar refractivity (Wildman–Crippen MR) is 126 cm³/mol. The van der Waals surface area contributed by atoms with Gasteiger partial charge in [0.25, 0.3) is 5.22 Å². The quantitative estimate of drug-likeness (QED) is 0.371. The molecule has 10 heteroatoms. The van der Waals surface area contributed by atoms with Gasteiger partial charge in [-0.1, -0.05) is 44.7 Å². The Morgan fingerprint density at radius 2 is 1.94 bits per heavy atom. The van der Waals surface area contributed by atoms with Crippen LogP contribution in [0.25, 0.3) is 11.5 Å². The molecule has 1 aromatic carbocycles. The van der Waals surface area contributed by atoms with Crippen molar-refractivity contribution in [2.75, 3.05) is 12.4 Å². The Kier molecular flexibility index (Phi) is 6.78. The number of hydrogen-bond donors (Lipinski definition) is 2. The number of carbonyl (C=O) groups excluding carboxylic acids is 2. The van der Waals surface area contributed by atoms with Crippen LogP contribution >= 0.6 is 11.8 Å². The van der Waals surface area contributed by atoms with Gasteiger partial charge in [-0.25, -0.2) is 9.59 Å². The maximum atomic E-state index is 12.7. The molecule has 0 radical (unpaired) electrons. The second-order valence-corrected chi connectivity index (χ2v) is 9.58. The Balaban J connectivity index is 1.55. The first-order chi connectivity index (χ1) is 16.3. The van der Waals surface area contributed by atoms with E-state index >= 15 is 0 Å². The number of carbonyl (C=O) groups is 2. The van der Waals surface area contributed by atoms with Crippen LogP contribution in [-0.2, 0) is 14.9 Å². The number of ether oxygens (including phenoxy) is 1. The number of benzene rings is 1. The maximum Gasteiger partial charge on any atom is 0.338 e. The topological polar surface area (TPSA) is 119 Å². The SMILES string of the molecule is CCOC(=O)C1=C(CSc2nnc(-c3ccc(C(C)(C)C)cc3)o2)NC(=O)NC1c1ccco1. The highest BCUT2D eigenvalue weighted by Gasteiger charge is 2.35. The standard InChI is InChI=1S/C24H26N4O5S/c1-5-31-21(29)18-16(25-22(30)26-19(18)17-7-6-12-32-17)13-34-23-28-27-20(33-23)14-8-10-15(11-9-14)24(2,3)4/h6-12,19H,5,13H2,1-4H3,(H2,25,26,30). The average molecular weight is 483 g/mol. The molecular weight excluding hydrogens is 456 g/mol. The molecule has 0 fully saturated rings. The van der Waals surface area contributed by atoms with Crippen LogP contribution in [0, 0.1) is 0 Å². The molecule has 3 aromatic rings. The predicted octanol–water partition coefficient (Wildman–Crippen LogP) is 4.59. The van der Waals surface area contributed by atoms with Crippen molar-refractivity contribution in [2.45, 2.75) is 44.4 Å². The number of nitrogens with zero attached hydrogens (tertiary/aromatic N) is 2. The minimum Gasteiger partial charge on any atom is -0.467 e. The Labute approximate surface area is 201 Å². The van der Waals surface area contributed by atoms with Crippen LogP contribution in [-0.4, -0.2) is 34.6 Å². The second-order valence-electron chi connectivity index (χ2n) is 8.65. The molecule has 0 bridgehead atoms. The number of thioether (sulfide) groups is 1. The van der Waals surface area contributed by atoms with Crippen LogP contribution in [0.5, 0.6) is 0 Å². The molecule has 0 aliphatic carbocycles. The Morgan fingerprint density at radius 3 is 2.59 bits per heavy atom. The molecule has 178 valence electrons. The van der Waals surface area contributed by atoms with Crippen molar-refractivity contribution in [1.29, 1.82) is 0 Å². The van der Waals surface area contributed by atoms with E-state index in [0.717, 1.165) is 5.56 Å². The van der Waals surface area contributed by atoms with Gasteiger partial charge in [-0.2, -0.15) is 0 Å². The molecule has 0 spiro atoms. The number of aromatic nitrogens is 2. The van der Waals surface area contributed by atoms with Gasteiger partial charge >= 0.3 is 12.0 Å². The summed E-state index contributed by atoms with van der Waals surface area (Å²) in [5.41, 5.74) is 2.72. The summed E-state index contributed by atoms with van der Waals surface area (Å²) in [7, 11) is 0. The lowest BCUT2D eigenvalue weighted by Gasteiger charge is -2.27. The van der Waals surface area contributed by atoms with E-state index in [2.05, 4.69) is 41.6 Å². The molecule has 1 aliphatic heterocycles. The van der Waals surface area contributed by atoms with Crippen LogP contribution in [0.3, 0.4) is 0 Å². The van der Waals surface area contributed by atoms with Crippen LogP contribution in [0.4, 0.5) is 4.79 Å². The van der Waals surface area contributed by atoms with Gasteiger partial charge in [0.2, 0.25) is 5.89 Å². The van der Waals surface area contributed by atoms with E-state index in [1.807, 2.05) is 24.3 Å². The third-order valence-corrected chi connectivity index (χ3v) is 6.07. The zero-order chi connectivity index (χ0) is 24.3. The minimum atomic E-state index is -0.766. The highest BCUT2D eigenvalue weighted by atomic mass is 32.2. The van der Waals surface area contributed by atoms with E-state index in [1.165, 1.54) is 23.6 Å². The largest absolute Gasteiger partial charge is 0.467 e. The fourth-order valence-electron chi connectivity index (χ4n) is 3.48. The van der Waals surface area contributed by atoms with Gasteiger partial charge in [-0.3, -0.25) is 0 Å². The third-order valence-electron chi connectivity index (χ3n) is 5.22. The molecule has 4 rings (SSSR count). The molecule has 2 N–H and O–H groups in total. The summed E-state index contributed by atoms with van der Waals surface area (Å²) in [5, 5.41) is 14.0. The first-order valence-corrected chi connectivity index (χ1v) is 11.8. The van der Waals surface area contributed by atoms with Crippen molar-refractivity contribution >= 4 is 23.8 Å². The minimum absolute atomic E-state index is 0.0472. The summed E-state index contributed by atoms with van der Waals surface area (Å²) in [4.78, 5) is 25.0. The lowest BCUT2D eigenvalue weighted by atomic mass is 9.87. The lowest BCUT2D eigenvalue weighted by Crippen LogP contribution is -2.46. The van der Waals surface area contributed by atoms with Crippen molar-refractivity contribution < 1.29 is 23.2 Å². The van der Waals surface area contributed by atoms with E-state index in [1.54, 1.807) is 19.1 Å². The van der Waals surface area contributed by atoms with Crippen molar-refractivity contribution in [3.05, 3.63) is 65.3 Å². The molecule has 34 heavy (non-hydrogen) atoms. The van der Waals surface area contributed by atoms with E-state index < -0.39 is 18.0 Å². The summed E-state index contributed by atoms with van der Waals surface area (Å²) in [6.07, 6.45) is 1.48. The first kappa shape index (κ1) is 23.6. The molecule has 9 nitrogen and oxygen atoms in total. The number of amides is 2. The molecular formula is C24H26N4O5S. The molecule has 2 aromatic heterocycles. The summed E-state index contributed by atoms with van der Waals surface area (Å²) in [6.45, 7) is 8.37. The van der Waals surface area contributed by atoms with Gasteiger partial charge < -0.3 is 24.2 Å². The summed E-state index contributed by atoms with van der Waals surface area (Å²) in [5.74, 6) is 0.491. The zero-order valence-electron chi connectivity index (χ0n) is 19.4. The van der Waals surface area contributed by atoms with Crippen molar-refractivity contribution in [3.63, 3.8) is 0 Å². The number of rotatable bonds is 7. The first-order valence-electron chi connectivity index (χ1n) is 10.8. The third kappa shape index (κ3) is 5.17. The van der Waals surface area contributed by atoms with E-state index in [0.29, 0.717) is 22.6 Å². The highest BCUT2D eigenvalue weighted by Crippen LogP contribution is 2.32. The Morgan fingerprint density at radius 1 is 1.18 bits per heavy atom. The van der Waals surface area contributed by atoms with Crippen LogP contribution in [0.1, 0.15) is 45.1 Å². The van der Waals surface area contributed by atoms with Gasteiger partial charge in [-0.05, 0) is 42.2 Å². The molecule has 0 saturated carbocycles. The number of furan rings is 1. The number of urea groups is 1.